The van der Waals surface area contributed by atoms with Crippen molar-refractivity contribution in [2.75, 3.05) is 25.2 Å². The van der Waals surface area contributed by atoms with Gasteiger partial charge in [0.05, 0.1) is 6.61 Å². The lowest BCUT2D eigenvalue weighted by molar-refractivity contribution is 0.202. The summed E-state index contributed by atoms with van der Waals surface area (Å²) < 4.78 is 5.20. The SMILES string of the molecule is COCCN(c1cccc(C#N)n1)C1CCC(C)C1. The van der Waals surface area contributed by atoms with Crippen molar-refractivity contribution >= 4 is 5.82 Å². The molecule has 0 saturated heterocycles. The van der Waals surface area contributed by atoms with Crippen molar-refractivity contribution in [1.29, 1.82) is 5.26 Å². The van der Waals surface area contributed by atoms with Gasteiger partial charge >= 0.3 is 0 Å². The fourth-order valence-corrected chi connectivity index (χ4v) is 2.78. The second-order valence-electron chi connectivity index (χ2n) is 5.25. The molecule has 4 heteroatoms. The Hall–Kier alpha value is -1.60. The van der Waals surface area contributed by atoms with Crippen molar-refractivity contribution in [1.82, 2.24) is 4.98 Å². The Bertz CT molecular complexity index is 455. The fourth-order valence-electron chi connectivity index (χ4n) is 2.78. The zero-order valence-corrected chi connectivity index (χ0v) is 11.7. The molecule has 2 atom stereocenters. The number of nitrogens with zero attached hydrogens (tertiary/aromatic N) is 3. The predicted molar refractivity (Wildman–Crippen MR) is 75.0 cm³/mol. The summed E-state index contributed by atoms with van der Waals surface area (Å²) in [6.45, 7) is 3.81. The molecule has 1 aliphatic rings. The highest BCUT2D eigenvalue weighted by atomic mass is 16.5. The van der Waals surface area contributed by atoms with E-state index >= 15 is 0 Å². The summed E-state index contributed by atoms with van der Waals surface area (Å²) in [6, 6.07) is 8.26. The number of nitriles is 1. The van der Waals surface area contributed by atoms with E-state index in [4.69, 9.17) is 10.00 Å². The monoisotopic (exact) mass is 259 g/mol. The van der Waals surface area contributed by atoms with Gasteiger partial charge in [-0.3, -0.25) is 0 Å². The lowest BCUT2D eigenvalue weighted by atomic mass is 10.1. The van der Waals surface area contributed by atoms with Gasteiger partial charge in [-0.05, 0) is 37.3 Å². The van der Waals surface area contributed by atoms with Gasteiger partial charge in [-0.15, -0.1) is 0 Å². The molecule has 1 aliphatic carbocycles. The second kappa shape index (κ2) is 6.53. The van der Waals surface area contributed by atoms with Gasteiger partial charge < -0.3 is 9.64 Å². The summed E-state index contributed by atoms with van der Waals surface area (Å²) in [5, 5.41) is 8.97. The maximum Gasteiger partial charge on any atom is 0.142 e. The Labute approximate surface area is 115 Å². The summed E-state index contributed by atoms with van der Waals surface area (Å²) in [7, 11) is 1.72. The fraction of sp³-hybridized carbons (Fsp3) is 0.600. The van der Waals surface area contributed by atoms with E-state index < -0.39 is 0 Å². The Kier molecular flexibility index (Phi) is 4.75. The van der Waals surface area contributed by atoms with Crippen molar-refractivity contribution in [2.24, 2.45) is 5.92 Å². The molecule has 19 heavy (non-hydrogen) atoms. The molecule has 0 amide bonds. The average molecular weight is 259 g/mol. The van der Waals surface area contributed by atoms with Crippen LogP contribution in [0.2, 0.25) is 0 Å². The third-order valence-corrected chi connectivity index (χ3v) is 3.79. The molecular weight excluding hydrogens is 238 g/mol. The van der Waals surface area contributed by atoms with Gasteiger partial charge in [0, 0.05) is 19.7 Å². The van der Waals surface area contributed by atoms with Crippen LogP contribution in [0, 0.1) is 17.2 Å². The third kappa shape index (κ3) is 3.45. The summed E-state index contributed by atoms with van der Waals surface area (Å²) in [5.41, 5.74) is 0.478. The maximum atomic E-state index is 8.97. The van der Waals surface area contributed by atoms with Crippen LogP contribution in [0.5, 0.6) is 0 Å². The predicted octanol–water partition coefficient (Wildman–Crippen LogP) is 2.59. The van der Waals surface area contributed by atoms with E-state index in [-0.39, 0.29) is 0 Å². The van der Waals surface area contributed by atoms with Crippen LogP contribution in [0.1, 0.15) is 31.9 Å². The second-order valence-corrected chi connectivity index (χ2v) is 5.25. The van der Waals surface area contributed by atoms with Crippen LogP contribution in [0.25, 0.3) is 0 Å². The van der Waals surface area contributed by atoms with E-state index in [9.17, 15) is 0 Å². The Morgan fingerprint density at radius 2 is 2.32 bits per heavy atom. The average Bonchev–Trinajstić information content (AvgIpc) is 2.86. The lowest BCUT2D eigenvalue weighted by Crippen LogP contribution is -2.37. The molecule has 1 heterocycles. The third-order valence-electron chi connectivity index (χ3n) is 3.79. The summed E-state index contributed by atoms with van der Waals surface area (Å²) in [5.74, 6) is 1.67. The molecule has 2 rings (SSSR count). The molecule has 0 aliphatic heterocycles. The number of pyridine rings is 1. The van der Waals surface area contributed by atoms with Crippen LogP contribution in [0.3, 0.4) is 0 Å². The summed E-state index contributed by atoms with van der Waals surface area (Å²) >= 11 is 0. The van der Waals surface area contributed by atoms with Crippen LogP contribution in [0.4, 0.5) is 5.82 Å². The molecular formula is C15H21N3O. The molecule has 0 N–H and O–H groups in total. The summed E-state index contributed by atoms with van der Waals surface area (Å²) in [6.07, 6.45) is 3.66. The Balaban J connectivity index is 2.18. The smallest absolute Gasteiger partial charge is 0.142 e. The molecule has 1 aromatic rings. The first-order valence-corrected chi connectivity index (χ1v) is 6.87. The first kappa shape index (κ1) is 13.8. The van der Waals surface area contributed by atoms with Gasteiger partial charge in [0.25, 0.3) is 0 Å². The standard InChI is InChI=1S/C15H21N3O/c1-12-6-7-14(10-12)18(8-9-19-2)15-5-3-4-13(11-16)17-15/h3-5,12,14H,6-10H2,1-2H3. The number of rotatable bonds is 5. The molecule has 1 saturated carbocycles. The van der Waals surface area contributed by atoms with Crippen molar-refractivity contribution in [3.63, 3.8) is 0 Å². The Morgan fingerprint density at radius 1 is 1.47 bits per heavy atom. The first-order valence-electron chi connectivity index (χ1n) is 6.87. The zero-order valence-electron chi connectivity index (χ0n) is 11.7. The molecule has 1 fully saturated rings. The zero-order chi connectivity index (χ0) is 13.7. The highest BCUT2D eigenvalue weighted by Crippen LogP contribution is 2.31. The number of methoxy groups -OCH3 is 1. The lowest BCUT2D eigenvalue weighted by Gasteiger charge is -2.30. The highest BCUT2D eigenvalue weighted by molar-refractivity contribution is 5.43. The van der Waals surface area contributed by atoms with Crippen LogP contribution in [-0.2, 0) is 4.74 Å². The maximum absolute atomic E-state index is 8.97. The molecule has 0 aromatic carbocycles. The number of hydrogen-bond donors (Lipinski definition) is 0. The van der Waals surface area contributed by atoms with Gasteiger partial charge in [0.1, 0.15) is 17.6 Å². The van der Waals surface area contributed by atoms with Crippen LogP contribution in [0.15, 0.2) is 18.2 Å². The van der Waals surface area contributed by atoms with Gasteiger partial charge in [-0.2, -0.15) is 5.26 Å². The number of hydrogen-bond acceptors (Lipinski definition) is 4. The molecule has 2 unspecified atom stereocenters. The highest BCUT2D eigenvalue weighted by Gasteiger charge is 2.27. The van der Waals surface area contributed by atoms with Crippen LogP contribution in [-0.4, -0.2) is 31.3 Å². The molecule has 0 spiro atoms. The van der Waals surface area contributed by atoms with E-state index in [2.05, 4.69) is 22.9 Å². The van der Waals surface area contributed by atoms with Crippen LogP contribution < -0.4 is 4.90 Å². The number of anilines is 1. The minimum atomic E-state index is 0.478. The number of aromatic nitrogens is 1. The normalized spacial score (nSPS) is 22.2. The largest absolute Gasteiger partial charge is 0.383 e. The van der Waals surface area contributed by atoms with Gasteiger partial charge in [-0.1, -0.05) is 13.0 Å². The summed E-state index contributed by atoms with van der Waals surface area (Å²) in [4.78, 5) is 6.72. The quantitative estimate of drug-likeness (QED) is 0.815. The van der Waals surface area contributed by atoms with E-state index in [1.54, 1.807) is 13.2 Å². The van der Waals surface area contributed by atoms with Gasteiger partial charge in [0.2, 0.25) is 0 Å². The van der Waals surface area contributed by atoms with Crippen molar-refractivity contribution < 1.29 is 4.74 Å². The van der Waals surface area contributed by atoms with Gasteiger partial charge in [-0.25, -0.2) is 4.98 Å². The van der Waals surface area contributed by atoms with E-state index in [1.807, 2.05) is 12.1 Å². The van der Waals surface area contributed by atoms with E-state index in [0.29, 0.717) is 18.3 Å². The van der Waals surface area contributed by atoms with E-state index in [1.165, 1.54) is 19.3 Å². The number of ether oxygens (including phenoxy) is 1. The minimum absolute atomic E-state index is 0.478. The molecule has 0 radical (unpaired) electrons. The first-order chi connectivity index (χ1) is 9.24. The van der Waals surface area contributed by atoms with E-state index in [0.717, 1.165) is 18.3 Å². The molecule has 102 valence electrons. The van der Waals surface area contributed by atoms with Crippen molar-refractivity contribution in [3.8, 4) is 6.07 Å². The topological polar surface area (TPSA) is 49.1 Å². The van der Waals surface area contributed by atoms with Gasteiger partial charge in [0.15, 0.2) is 0 Å². The van der Waals surface area contributed by atoms with Crippen molar-refractivity contribution in [3.05, 3.63) is 23.9 Å². The Morgan fingerprint density at radius 3 is 2.95 bits per heavy atom. The minimum Gasteiger partial charge on any atom is -0.383 e. The molecule has 4 nitrogen and oxygen atoms in total. The van der Waals surface area contributed by atoms with Crippen molar-refractivity contribution in [2.45, 2.75) is 32.2 Å². The molecule has 1 aromatic heterocycles. The molecule has 0 bridgehead atoms. The van der Waals surface area contributed by atoms with Crippen LogP contribution >= 0.6 is 0 Å².